The van der Waals surface area contributed by atoms with Crippen LogP contribution in [0.5, 0.6) is 0 Å². The third-order valence-electron chi connectivity index (χ3n) is 3.84. The zero-order valence-corrected chi connectivity index (χ0v) is 12.3. The van der Waals surface area contributed by atoms with Crippen LogP contribution < -0.4 is 5.32 Å². The lowest BCUT2D eigenvalue weighted by Gasteiger charge is -2.33. The number of nitrogens with one attached hydrogen (secondary N) is 2. The van der Waals surface area contributed by atoms with Gasteiger partial charge in [0.2, 0.25) is 0 Å². The van der Waals surface area contributed by atoms with Gasteiger partial charge in [0.15, 0.2) is 5.03 Å². The number of aromatic amines is 1. The molecule has 1 aromatic rings. The minimum absolute atomic E-state index is 0.0863. The van der Waals surface area contributed by atoms with Gasteiger partial charge >= 0.3 is 0 Å². The molecule has 1 saturated carbocycles. The van der Waals surface area contributed by atoms with Crippen molar-refractivity contribution < 1.29 is 8.42 Å². The maximum Gasteiger partial charge on any atom is 0.259 e. The predicted octanol–water partition coefficient (Wildman–Crippen LogP) is 0.951. The highest BCUT2D eigenvalue weighted by molar-refractivity contribution is 7.89. The van der Waals surface area contributed by atoms with Gasteiger partial charge in [-0.25, -0.2) is 8.42 Å². The summed E-state index contributed by atoms with van der Waals surface area (Å²) in [6, 6.07) is 2.11. The van der Waals surface area contributed by atoms with Gasteiger partial charge in [-0.05, 0) is 38.3 Å². The summed E-state index contributed by atoms with van der Waals surface area (Å²) in [6.07, 6.45) is 5.33. The van der Waals surface area contributed by atoms with Crippen LogP contribution in [0.4, 0.5) is 0 Å². The lowest BCUT2D eigenvalue weighted by Crippen LogP contribution is -2.43. The van der Waals surface area contributed by atoms with E-state index in [4.69, 9.17) is 0 Å². The molecule has 2 N–H and O–H groups in total. The lowest BCUT2D eigenvalue weighted by molar-refractivity contribution is 0.250. The molecular formula is C12H22N4O2S. The number of aromatic nitrogens is 2. The predicted molar refractivity (Wildman–Crippen MR) is 73.3 cm³/mol. The van der Waals surface area contributed by atoms with Gasteiger partial charge in [-0.2, -0.15) is 9.40 Å². The first-order chi connectivity index (χ1) is 9.05. The molecule has 0 unspecified atom stereocenters. The number of nitrogens with zero attached hydrogens (tertiary/aromatic N) is 2. The zero-order valence-electron chi connectivity index (χ0n) is 11.5. The molecule has 2 rings (SSSR count). The Hall–Kier alpha value is -0.920. The van der Waals surface area contributed by atoms with E-state index in [9.17, 15) is 8.42 Å². The maximum absolute atomic E-state index is 12.3. The second-order valence-corrected chi connectivity index (χ2v) is 6.97. The molecule has 1 fully saturated rings. The fraction of sp³-hybridized carbons (Fsp3) is 0.750. The number of sulfonamides is 1. The number of H-pyrrole nitrogens is 1. The van der Waals surface area contributed by atoms with Crippen LogP contribution in [0.15, 0.2) is 17.3 Å². The molecule has 0 saturated heterocycles. The van der Waals surface area contributed by atoms with Crippen molar-refractivity contribution in [1.82, 2.24) is 19.8 Å². The largest absolute Gasteiger partial charge is 0.314 e. The van der Waals surface area contributed by atoms with Crippen LogP contribution in [0.2, 0.25) is 0 Å². The van der Waals surface area contributed by atoms with Crippen LogP contribution in [0, 0.1) is 0 Å². The smallest absolute Gasteiger partial charge is 0.259 e. The Morgan fingerprint density at radius 3 is 2.63 bits per heavy atom. The second-order valence-electron chi connectivity index (χ2n) is 5.01. The fourth-order valence-corrected chi connectivity index (χ4v) is 3.98. The van der Waals surface area contributed by atoms with Crippen LogP contribution in [0.25, 0.3) is 0 Å². The number of hydrogen-bond acceptors (Lipinski definition) is 4. The molecule has 0 spiro atoms. The van der Waals surface area contributed by atoms with Crippen LogP contribution in [-0.2, 0) is 10.0 Å². The summed E-state index contributed by atoms with van der Waals surface area (Å²) in [6.45, 7) is 3.07. The van der Waals surface area contributed by atoms with Crippen molar-refractivity contribution in [1.29, 1.82) is 0 Å². The average molecular weight is 286 g/mol. The summed E-state index contributed by atoms with van der Waals surface area (Å²) >= 11 is 0. The van der Waals surface area contributed by atoms with Crippen molar-refractivity contribution in [3.05, 3.63) is 12.3 Å². The summed E-state index contributed by atoms with van der Waals surface area (Å²) in [4.78, 5) is 0. The first-order valence-corrected chi connectivity index (χ1v) is 8.20. The molecule has 0 aliphatic heterocycles. The highest BCUT2D eigenvalue weighted by Gasteiger charge is 2.31. The van der Waals surface area contributed by atoms with Gasteiger partial charge in [-0.3, -0.25) is 5.10 Å². The quantitative estimate of drug-likeness (QED) is 0.845. The van der Waals surface area contributed by atoms with E-state index in [-0.39, 0.29) is 11.1 Å². The Labute approximate surface area is 114 Å². The SMILES string of the molecule is CCNC1CCC(N(C)S(=O)(=O)c2ccn[nH]2)CC1. The highest BCUT2D eigenvalue weighted by atomic mass is 32.2. The van der Waals surface area contributed by atoms with Crippen molar-refractivity contribution in [3.8, 4) is 0 Å². The zero-order chi connectivity index (χ0) is 13.9. The summed E-state index contributed by atoms with van der Waals surface area (Å²) < 4.78 is 26.2. The van der Waals surface area contributed by atoms with E-state index in [1.807, 2.05) is 0 Å². The Bertz CT molecular complexity index is 478. The molecule has 1 aliphatic carbocycles. The van der Waals surface area contributed by atoms with E-state index in [1.165, 1.54) is 16.6 Å². The van der Waals surface area contributed by atoms with E-state index < -0.39 is 10.0 Å². The third-order valence-corrected chi connectivity index (χ3v) is 5.68. The minimum atomic E-state index is -3.43. The monoisotopic (exact) mass is 286 g/mol. The molecule has 19 heavy (non-hydrogen) atoms. The topological polar surface area (TPSA) is 78.1 Å². The van der Waals surface area contributed by atoms with E-state index in [1.54, 1.807) is 7.05 Å². The fourth-order valence-electron chi connectivity index (χ4n) is 2.67. The molecule has 6 nitrogen and oxygen atoms in total. The molecule has 1 aromatic heterocycles. The molecule has 1 aliphatic rings. The summed E-state index contributed by atoms with van der Waals surface area (Å²) in [5.74, 6) is 0. The van der Waals surface area contributed by atoms with E-state index >= 15 is 0 Å². The number of rotatable bonds is 5. The Balaban J connectivity index is 2.00. The van der Waals surface area contributed by atoms with E-state index in [0.29, 0.717) is 6.04 Å². The minimum Gasteiger partial charge on any atom is -0.314 e. The third kappa shape index (κ3) is 3.16. The first-order valence-electron chi connectivity index (χ1n) is 6.76. The van der Waals surface area contributed by atoms with Crippen LogP contribution in [0.3, 0.4) is 0 Å². The van der Waals surface area contributed by atoms with E-state index in [0.717, 1.165) is 32.2 Å². The lowest BCUT2D eigenvalue weighted by atomic mass is 9.91. The Morgan fingerprint density at radius 2 is 2.11 bits per heavy atom. The molecule has 0 radical (unpaired) electrons. The number of hydrogen-bond donors (Lipinski definition) is 2. The van der Waals surface area contributed by atoms with Crippen molar-refractivity contribution in [2.75, 3.05) is 13.6 Å². The first kappa shape index (κ1) is 14.5. The molecule has 0 amide bonds. The van der Waals surface area contributed by atoms with Crippen molar-refractivity contribution >= 4 is 10.0 Å². The van der Waals surface area contributed by atoms with Crippen molar-refractivity contribution in [3.63, 3.8) is 0 Å². The van der Waals surface area contributed by atoms with Crippen molar-refractivity contribution in [2.45, 2.75) is 49.7 Å². The average Bonchev–Trinajstić information content (AvgIpc) is 2.94. The van der Waals surface area contributed by atoms with Crippen LogP contribution >= 0.6 is 0 Å². The molecule has 0 aromatic carbocycles. The standard InChI is InChI=1S/C12H22N4O2S/c1-3-13-10-4-6-11(7-5-10)16(2)19(17,18)12-8-9-14-15-12/h8-11,13H,3-7H2,1-2H3,(H,14,15). The van der Waals surface area contributed by atoms with Gasteiger partial charge in [0.25, 0.3) is 10.0 Å². The van der Waals surface area contributed by atoms with Gasteiger partial charge in [0, 0.05) is 19.1 Å². The van der Waals surface area contributed by atoms with Gasteiger partial charge < -0.3 is 5.32 Å². The maximum atomic E-state index is 12.3. The molecule has 7 heteroatoms. The molecule has 0 bridgehead atoms. The Kier molecular flexibility index (Phi) is 4.59. The van der Waals surface area contributed by atoms with Gasteiger partial charge in [0.1, 0.15) is 0 Å². The van der Waals surface area contributed by atoms with Gasteiger partial charge in [-0.15, -0.1) is 0 Å². The molecule has 1 heterocycles. The second kappa shape index (κ2) is 6.02. The van der Waals surface area contributed by atoms with Crippen LogP contribution in [-0.4, -0.2) is 48.6 Å². The van der Waals surface area contributed by atoms with Crippen molar-refractivity contribution in [2.24, 2.45) is 0 Å². The summed E-state index contributed by atoms with van der Waals surface area (Å²) in [7, 11) is -1.77. The Morgan fingerprint density at radius 1 is 1.42 bits per heavy atom. The van der Waals surface area contributed by atoms with Gasteiger partial charge in [0.05, 0.1) is 6.20 Å². The van der Waals surface area contributed by atoms with Crippen LogP contribution in [0.1, 0.15) is 32.6 Å². The summed E-state index contributed by atoms with van der Waals surface area (Å²) in [5, 5.41) is 9.84. The highest BCUT2D eigenvalue weighted by Crippen LogP contribution is 2.26. The van der Waals surface area contributed by atoms with Gasteiger partial charge in [-0.1, -0.05) is 6.92 Å². The molecule has 0 atom stereocenters. The summed E-state index contributed by atoms with van der Waals surface area (Å²) in [5.41, 5.74) is 0. The molecule has 108 valence electrons. The normalized spacial score (nSPS) is 24.8. The van der Waals surface area contributed by atoms with E-state index in [2.05, 4.69) is 22.4 Å². The molecular weight excluding hydrogens is 264 g/mol.